The number of allylic oxidation sites excluding steroid dienone is 1. The Kier molecular flexibility index (Phi) is 4.37. The van der Waals surface area contributed by atoms with E-state index in [1.165, 1.54) is 0 Å². The van der Waals surface area contributed by atoms with E-state index in [-0.39, 0.29) is 5.60 Å². The zero-order valence-corrected chi connectivity index (χ0v) is 7.31. The Morgan fingerprint density at radius 3 is 2.40 bits per heavy atom. The van der Waals surface area contributed by atoms with Crippen LogP contribution in [-0.2, 0) is 4.74 Å². The van der Waals surface area contributed by atoms with Crippen molar-refractivity contribution < 1.29 is 4.74 Å². The molecule has 1 heteroatoms. The molecule has 0 aliphatic rings. The van der Waals surface area contributed by atoms with E-state index < -0.39 is 0 Å². The topological polar surface area (TPSA) is 9.23 Å². The molecule has 0 bridgehead atoms. The van der Waals surface area contributed by atoms with E-state index in [1.807, 2.05) is 6.08 Å². The highest BCUT2D eigenvalue weighted by atomic mass is 16.5. The lowest BCUT2D eigenvalue weighted by Crippen LogP contribution is -2.19. The van der Waals surface area contributed by atoms with E-state index in [4.69, 9.17) is 4.74 Å². The van der Waals surface area contributed by atoms with Gasteiger partial charge in [0.25, 0.3) is 0 Å². The van der Waals surface area contributed by atoms with Crippen LogP contribution in [0, 0.1) is 0 Å². The second kappa shape index (κ2) is 4.51. The molecular formula is C9H18O. The molecule has 0 aromatic rings. The molecule has 0 heterocycles. The second-order valence-electron chi connectivity index (χ2n) is 3.39. The van der Waals surface area contributed by atoms with Crippen molar-refractivity contribution in [3.8, 4) is 0 Å². The average molecular weight is 142 g/mol. The first-order valence-electron chi connectivity index (χ1n) is 3.81. The first-order valence-corrected chi connectivity index (χ1v) is 3.81. The van der Waals surface area contributed by atoms with Gasteiger partial charge in [-0.25, -0.2) is 0 Å². The Labute approximate surface area is 64.1 Å². The summed E-state index contributed by atoms with van der Waals surface area (Å²) in [5, 5.41) is 0. The minimum absolute atomic E-state index is 0.0150. The third-order valence-electron chi connectivity index (χ3n) is 1.09. The molecule has 0 fully saturated rings. The third kappa shape index (κ3) is 7.70. The van der Waals surface area contributed by atoms with Gasteiger partial charge in [0.1, 0.15) is 0 Å². The Balaban J connectivity index is 3.12. The van der Waals surface area contributed by atoms with Crippen molar-refractivity contribution >= 4 is 0 Å². The van der Waals surface area contributed by atoms with Crippen molar-refractivity contribution in [2.45, 2.75) is 39.2 Å². The number of ether oxygens (including phenoxy) is 1. The van der Waals surface area contributed by atoms with Gasteiger partial charge in [-0.2, -0.15) is 0 Å². The summed E-state index contributed by atoms with van der Waals surface area (Å²) < 4.78 is 5.48. The smallest absolute Gasteiger partial charge is 0.0598 e. The fourth-order valence-corrected chi connectivity index (χ4v) is 0.606. The zero-order chi connectivity index (χ0) is 8.04. The van der Waals surface area contributed by atoms with Crippen LogP contribution in [0.5, 0.6) is 0 Å². The Bertz CT molecular complexity index is 89.4. The predicted octanol–water partition coefficient (Wildman–Crippen LogP) is 2.77. The van der Waals surface area contributed by atoms with Gasteiger partial charge in [0.15, 0.2) is 0 Å². The second-order valence-corrected chi connectivity index (χ2v) is 3.39. The fourth-order valence-electron chi connectivity index (χ4n) is 0.606. The Hall–Kier alpha value is -0.300. The molecule has 0 atom stereocenters. The molecule has 1 nitrogen and oxygen atoms in total. The van der Waals surface area contributed by atoms with E-state index in [1.54, 1.807) is 0 Å². The van der Waals surface area contributed by atoms with Crippen molar-refractivity contribution in [3.05, 3.63) is 12.7 Å². The first kappa shape index (κ1) is 9.70. The fraction of sp³-hybridized carbons (Fsp3) is 0.778. The summed E-state index contributed by atoms with van der Waals surface area (Å²) in [5.74, 6) is 0. The molecule has 0 aliphatic heterocycles. The highest BCUT2D eigenvalue weighted by Gasteiger charge is 2.07. The molecule has 0 saturated carbocycles. The summed E-state index contributed by atoms with van der Waals surface area (Å²) in [7, 11) is 0. The molecule has 0 N–H and O–H groups in total. The van der Waals surface area contributed by atoms with Crippen LogP contribution in [0.2, 0.25) is 0 Å². The van der Waals surface area contributed by atoms with Crippen LogP contribution in [0.3, 0.4) is 0 Å². The van der Waals surface area contributed by atoms with Gasteiger partial charge in [-0.05, 0) is 33.6 Å². The summed E-state index contributed by atoms with van der Waals surface area (Å²) in [4.78, 5) is 0. The normalized spacial score (nSPS) is 11.5. The van der Waals surface area contributed by atoms with E-state index in [2.05, 4.69) is 27.4 Å². The van der Waals surface area contributed by atoms with Gasteiger partial charge in [-0.3, -0.25) is 0 Å². The van der Waals surface area contributed by atoms with Crippen LogP contribution in [-0.4, -0.2) is 12.2 Å². The highest BCUT2D eigenvalue weighted by Crippen LogP contribution is 2.07. The molecule has 0 aliphatic carbocycles. The maximum atomic E-state index is 5.48. The molecule has 0 unspecified atom stereocenters. The monoisotopic (exact) mass is 142 g/mol. The molecule has 0 amide bonds. The largest absolute Gasteiger partial charge is 0.376 e. The van der Waals surface area contributed by atoms with Gasteiger partial charge < -0.3 is 4.74 Å². The lowest BCUT2D eigenvalue weighted by molar-refractivity contribution is -0.00362. The average Bonchev–Trinajstić information content (AvgIpc) is 1.78. The van der Waals surface area contributed by atoms with Gasteiger partial charge in [-0.1, -0.05) is 6.08 Å². The SMILES string of the molecule is C=CCCCOC(C)(C)C. The minimum Gasteiger partial charge on any atom is -0.376 e. The van der Waals surface area contributed by atoms with Crippen molar-refractivity contribution in [1.82, 2.24) is 0 Å². The van der Waals surface area contributed by atoms with Gasteiger partial charge in [-0.15, -0.1) is 6.58 Å². The van der Waals surface area contributed by atoms with Crippen LogP contribution in [0.25, 0.3) is 0 Å². The van der Waals surface area contributed by atoms with Crippen molar-refractivity contribution in [2.75, 3.05) is 6.61 Å². The molecule has 0 aromatic heterocycles. The minimum atomic E-state index is 0.0150. The van der Waals surface area contributed by atoms with Crippen LogP contribution in [0.15, 0.2) is 12.7 Å². The Morgan fingerprint density at radius 2 is 2.00 bits per heavy atom. The summed E-state index contributed by atoms with van der Waals surface area (Å²) in [6.45, 7) is 10.7. The maximum absolute atomic E-state index is 5.48. The Morgan fingerprint density at radius 1 is 1.40 bits per heavy atom. The lowest BCUT2D eigenvalue weighted by atomic mass is 10.2. The molecule has 0 spiro atoms. The molecular weight excluding hydrogens is 124 g/mol. The van der Waals surface area contributed by atoms with E-state index in [9.17, 15) is 0 Å². The number of unbranched alkanes of at least 4 members (excludes halogenated alkanes) is 1. The van der Waals surface area contributed by atoms with Gasteiger partial charge >= 0.3 is 0 Å². The van der Waals surface area contributed by atoms with E-state index >= 15 is 0 Å². The predicted molar refractivity (Wildman–Crippen MR) is 45.1 cm³/mol. The zero-order valence-electron chi connectivity index (χ0n) is 7.31. The molecule has 0 saturated heterocycles. The summed E-state index contributed by atoms with van der Waals surface area (Å²) in [6.07, 6.45) is 4.06. The molecule has 0 radical (unpaired) electrons. The molecule has 0 rings (SSSR count). The van der Waals surface area contributed by atoms with Crippen molar-refractivity contribution in [1.29, 1.82) is 0 Å². The van der Waals surface area contributed by atoms with Gasteiger partial charge in [0.05, 0.1) is 5.60 Å². The van der Waals surface area contributed by atoms with Crippen molar-refractivity contribution in [2.24, 2.45) is 0 Å². The molecule has 10 heavy (non-hydrogen) atoms. The van der Waals surface area contributed by atoms with Crippen LogP contribution < -0.4 is 0 Å². The summed E-state index contributed by atoms with van der Waals surface area (Å²) in [5.41, 5.74) is 0.0150. The maximum Gasteiger partial charge on any atom is 0.0598 e. The van der Waals surface area contributed by atoms with Crippen LogP contribution in [0.1, 0.15) is 33.6 Å². The highest BCUT2D eigenvalue weighted by molar-refractivity contribution is 4.66. The number of hydrogen-bond acceptors (Lipinski definition) is 1. The molecule has 60 valence electrons. The van der Waals surface area contributed by atoms with Gasteiger partial charge in [0.2, 0.25) is 0 Å². The summed E-state index contributed by atoms with van der Waals surface area (Å²) >= 11 is 0. The lowest BCUT2D eigenvalue weighted by Gasteiger charge is -2.18. The van der Waals surface area contributed by atoms with Crippen LogP contribution in [0.4, 0.5) is 0 Å². The van der Waals surface area contributed by atoms with Gasteiger partial charge in [0, 0.05) is 6.61 Å². The van der Waals surface area contributed by atoms with Crippen LogP contribution >= 0.6 is 0 Å². The quantitative estimate of drug-likeness (QED) is 0.433. The third-order valence-corrected chi connectivity index (χ3v) is 1.09. The van der Waals surface area contributed by atoms with Crippen molar-refractivity contribution in [3.63, 3.8) is 0 Å². The molecule has 0 aromatic carbocycles. The summed E-state index contributed by atoms with van der Waals surface area (Å²) in [6, 6.07) is 0. The van der Waals surface area contributed by atoms with E-state index in [0.717, 1.165) is 19.4 Å². The standard InChI is InChI=1S/C9H18O/c1-5-6-7-8-10-9(2,3)4/h5H,1,6-8H2,2-4H3. The number of hydrogen-bond donors (Lipinski definition) is 0. The van der Waals surface area contributed by atoms with E-state index in [0.29, 0.717) is 0 Å². The number of rotatable bonds is 4. The first-order chi connectivity index (χ1) is 4.56.